The summed E-state index contributed by atoms with van der Waals surface area (Å²) < 4.78 is 1.86. The van der Waals surface area contributed by atoms with Crippen molar-refractivity contribution in [3.63, 3.8) is 0 Å². The normalized spacial score (nSPS) is 12.6. The van der Waals surface area contributed by atoms with E-state index in [1.807, 2.05) is 30.3 Å². The fourth-order valence-corrected chi connectivity index (χ4v) is 2.47. The number of nitrogens with zero attached hydrogens (tertiary/aromatic N) is 3. The van der Waals surface area contributed by atoms with E-state index in [1.54, 1.807) is 0 Å². The lowest BCUT2D eigenvalue weighted by Crippen LogP contribution is -2.23. The summed E-state index contributed by atoms with van der Waals surface area (Å²) >= 11 is 0. The van der Waals surface area contributed by atoms with Gasteiger partial charge >= 0.3 is 0 Å². The minimum Gasteiger partial charge on any atom is -0.310 e. The van der Waals surface area contributed by atoms with Crippen molar-refractivity contribution in [2.45, 2.75) is 39.2 Å². The Kier molecular flexibility index (Phi) is 5.30. The van der Waals surface area contributed by atoms with E-state index >= 15 is 0 Å². The second kappa shape index (κ2) is 7.20. The van der Waals surface area contributed by atoms with E-state index in [0.29, 0.717) is 6.04 Å². The number of aromatic nitrogens is 3. The van der Waals surface area contributed by atoms with Gasteiger partial charge in [0, 0.05) is 31.7 Å². The number of aryl methyl sites for hydroxylation is 3. The molecular formula is C16H24N4. The van der Waals surface area contributed by atoms with Crippen LogP contribution in [0.4, 0.5) is 0 Å². The van der Waals surface area contributed by atoms with E-state index in [0.717, 1.165) is 25.8 Å². The summed E-state index contributed by atoms with van der Waals surface area (Å²) in [6, 6.07) is 2.52. The van der Waals surface area contributed by atoms with Crippen LogP contribution in [0.2, 0.25) is 0 Å². The average molecular weight is 272 g/mol. The number of pyridine rings is 1. The van der Waals surface area contributed by atoms with Crippen LogP contribution in [0, 0.1) is 6.92 Å². The van der Waals surface area contributed by atoms with Gasteiger partial charge in [0.15, 0.2) is 0 Å². The molecule has 108 valence electrons. The minimum absolute atomic E-state index is 0.387. The van der Waals surface area contributed by atoms with Crippen molar-refractivity contribution in [1.29, 1.82) is 0 Å². The van der Waals surface area contributed by atoms with E-state index in [1.165, 1.54) is 16.7 Å². The molecule has 0 saturated heterocycles. The molecule has 0 bridgehead atoms. The molecule has 2 rings (SSSR count). The molecular weight excluding hydrogens is 248 g/mol. The van der Waals surface area contributed by atoms with Gasteiger partial charge in [0.25, 0.3) is 0 Å². The predicted molar refractivity (Wildman–Crippen MR) is 81.5 cm³/mol. The highest BCUT2D eigenvalue weighted by Crippen LogP contribution is 2.21. The van der Waals surface area contributed by atoms with Gasteiger partial charge in [0.2, 0.25) is 0 Å². The average Bonchev–Trinajstić information content (AvgIpc) is 2.86. The predicted octanol–water partition coefficient (Wildman–Crippen LogP) is 2.80. The van der Waals surface area contributed by atoms with Crippen LogP contribution < -0.4 is 5.32 Å². The number of hydrogen-bond donors (Lipinski definition) is 1. The SMILES string of the molecule is CCCNC(CCc1cnn(C)c1)c1ccncc1C. The van der Waals surface area contributed by atoms with Crippen molar-refractivity contribution in [3.05, 3.63) is 47.5 Å². The summed E-state index contributed by atoms with van der Waals surface area (Å²) in [5.41, 5.74) is 3.91. The van der Waals surface area contributed by atoms with Gasteiger partial charge < -0.3 is 5.32 Å². The number of rotatable bonds is 7. The van der Waals surface area contributed by atoms with Crippen molar-refractivity contribution in [2.75, 3.05) is 6.54 Å². The van der Waals surface area contributed by atoms with Gasteiger partial charge in [0.1, 0.15) is 0 Å². The molecule has 20 heavy (non-hydrogen) atoms. The summed E-state index contributed by atoms with van der Waals surface area (Å²) in [6.07, 6.45) is 11.1. The molecule has 4 heteroatoms. The van der Waals surface area contributed by atoms with Gasteiger partial charge in [-0.15, -0.1) is 0 Å². The van der Waals surface area contributed by atoms with Gasteiger partial charge in [-0.2, -0.15) is 5.10 Å². The van der Waals surface area contributed by atoms with Gasteiger partial charge in [-0.05, 0) is 55.5 Å². The molecule has 0 aliphatic rings. The fraction of sp³-hybridized carbons (Fsp3) is 0.500. The van der Waals surface area contributed by atoms with Crippen LogP contribution in [0.15, 0.2) is 30.9 Å². The topological polar surface area (TPSA) is 42.7 Å². The monoisotopic (exact) mass is 272 g/mol. The molecule has 2 heterocycles. The maximum absolute atomic E-state index is 4.23. The fourth-order valence-electron chi connectivity index (χ4n) is 2.47. The summed E-state index contributed by atoms with van der Waals surface area (Å²) in [6.45, 7) is 5.37. The molecule has 0 radical (unpaired) electrons. The Morgan fingerprint density at radius 2 is 2.20 bits per heavy atom. The summed E-state index contributed by atoms with van der Waals surface area (Å²) in [4.78, 5) is 4.19. The first kappa shape index (κ1) is 14.7. The molecule has 0 spiro atoms. The maximum atomic E-state index is 4.23. The lowest BCUT2D eigenvalue weighted by Gasteiger charge is -2.20. The highest BCUT2D eigenvalue weighted by Gasteiger charge is 2.13. The first-order chi connectivity index (χ1) is 9.70. The Bertz CT molecular complexity index is 533. The molecule has 0 aliphatic heterocycles. The summed E-state index contributed by atoms with van der Waals surface area (Å²) in [5, 5.41) is 7.88. The molecule has 1 N–H and O–H groups in total. The molecule has 0 amide bonds. The molecule has 2 aromatic rings. The third-order valence-corrected chi connectivity index (χ3v) is 3.56. The second-order valence-corrected chi connectivity index (χ2v) is 5.30. The van der Waals surface area contributed by atoms with E-state index in [-0.39, 0.29) is 0 Å². The van der Waals surface area contributed by atoms with E-state index < -0.39 is 0 Å². The number of nitrogens with one attached hydrogen (secondary N) is 1. The van der Waals surface area contributed by atoms with Crippen molar-refractivity contribution in [2.24, 2.45) is 7.05 Å². The Balaban J connectivity index is 2.05. The van der Waals surface area contributed by atoms with Gasteiger partial charge in [-0.25, -0.2) is 0 Å². The summed E-state index contributed by atoms with van der Waals surface area (Å²) in [5.74, 6) is 0. The maximum Gasteiger partial charge on any atom is 0.0521 e. The van der Waals surface area contributed by atoms with E-state index in [2.05, 4.69) is 41.5 Å². The van der Waals surface area contributed by atoms with Crippen molar-refractivity contribution < 1.29 is 0 Å². The van der Waals surface area contributed by atoms with Gasteiger partial charge in [-0.1, -0.05) is 6.92 Å². The zero-order valence-corrected chi connectivity index (χ0v) is 12.6. The quantitative estimate of drug-likeness (QED) is 0.843. The third-order valence-electron chi connectivity index (χ3n) is 3.56. The van der Waals surface area contributed by atoms with E-state index in [4.69, 9.17) is 0 Å². The van der Waals surface area contributed by atoms with Crippen molar-refractivity contribution >= 4 is 0 Å². The molecule has 0 aliphatic carbocycles. The molecule has 1 atom stereocenters. The summed E-state index contributed by atoms with van der Waals surface area (Å²) in [7, 11) is 1.96. The Morgan fingerprint density at radius 1 is 1.35 bits per heavy atom. The minimum atomic E-state index is 0.387. The van der Waals surface area contributed by atoms with Crippen LogP contribution >= 0.6 is 0 Å². The Hall–Kier alpha value is -1.68. The van der Waals surface area contributed by atoms with Gasteiger partial charge in [-0.3, -0.25) is 9.67 Å². The zero-order chi connectivity index (χ0) is 14.4. The highest BCUT2D eigenvalue weighted by molar-refractivity contribution is 5.25. The molecule has 4 nitrogen and oxygen atoms in total. The molecule has 0 saturated carbocycles. The molecule has 1 unspecified atom stereocenters. The van der Waals surface area contributed by atoms with Crippen LogP contribution in [0.1, 0.15) is 42.5 Å². The standard InChI is InChI=1S/C16H24N4/c1-4-8-18-16(15-7-9-17-10-13(15)2)6-5-14-11-19-20(3)12-14/h7,9-12,16,18H,4-6,8H2,1-3H3. The lowest BCUT2D eigenvalue weighted by molar-refractivity contribution is 0.497. The van der Waals surface area contributed by atoms with E-state index in [9.17, 15) is 0 Å². The first-order valence-electron chi connectivity index (χ1n) is 7.32. The third kappa shape index (κ3) is 3.90. The van der Waals surface area contributed by atoms with Crippen molar-refractivity contribution in [1.82, 2.24) is 20.1 Å². The first-order valence-corrected chi connectivity index (χ1v) is 7.32. The van der Waals surface area contributed by atoms with Gasteiger partial charge in [0.05, 0.1) is 6.20 Å². The second-order valence-electron chi connectivity index (χ2n) is 5.30. The largest absolute Gasteiger partial charge is 0.310 e. The molecule has 0 aromatic carbocycles. The Labute approximate surface area is 121 Å². The van der Waals surface area contributed by atoms with Crippen molar-refractivity contribution in [3.8, 4) is 0 Å². The van der Waals surface area contributed by atoms with Crippen LogP contribution in [-0.2, 0) is 13.5 Å². The number of hydrogen-bond acceptors (Lipinski definition) is 3. The highest BCUT2D eigenvalue weighted by atomic mass is 15.2. The zero-order valence-electron chi connectivity index (χ0n) is 12.6. The molecule has 2 aromatic heterocycles. The lowest BCUT2D eigenvalue weighted by atomic mass is 9.97. The van der Waals surface area contributed by atoms with Crippen LogP contribution in [0.3, 0.4) is 0 Å². The Morgan fingerprint density at radius 3 is 2.85 bits per heavy atom. The molecule has 0 fully saturated rings. The van der Waals surface area contributed by atoms with Crippen LogP contribution in [0.5, 0.6) is 0 Å². The smallest absolute Gasteiger partial charge is 0.0521 e. The van der Waals surface area contributed by atoms with Crippen LogP contribution in [0.25, 0.3) is 0 Å². The van der Waals surface area contributed by atoms with Crippen LogP contribution in [-0.4, -0.2) is 21.3 Å².